The molecule has 1 aliphatic rings. The second-order valence-electron chi connectivity index (χ2n) is 6.51. The first-order valence-electron chi connectivity index (χ1n) is 8.25. The van der Waals surface area contributed by atoms with Crippen LogP contribution in [-0.4, -0.2) is 17.7 Å². The van der Waals surface area contributed by atoms with Gasteiger partial charge < -0.3 is 10.4 Å². The fourth-order valence-corrected chi connectivity index (χ4v) is 3.32. The van der Waals surface area contributed by atoms with Gasteiger partial charge in [0.05, 0.1) is 0 Å². The minimum absolute atomic E-state index is 0.154. The molecule has 0 saturated carbocycles. The third-order valence-corrected chi connectivity index (χ3v) is 4.78. The Morgan fingerprint density at radius 3 is 2.32 bits per heavy atom. The van der Waals surface area contributed by atoms with E-state index in [-0.39, 0.29) is 6.04 Å². The van der Waals surface area contributed by atoms with Crippen molar-refractivity contribution in [3.05, 3.63) is 71.3 Å². The normalized spacial score (nSPS) is 21.3. The first kappa shape index (κ1) is 15.3. The van der Waals surface area contributed by atoms with Crippen molar-refractivity contribution in [2.75, 3.05) is 6.54 Å². The predicted octanol–water partition coefficient (Wildman–Crippen LogP) is 3.63. The van der Waals surface area contributed by atoms with Crippen LogP contribution in [0.15, 0.2) is 54.6 Å². The Bertz CT molecular complexity index is 583. The zero-order valence-corrected chi connectivity index (χ0v) is 13.3. The first-order chi connectivity index (χ1) is 10.7. The molecule has 0 spiro atoms. The van der Waals surface area contributed by atoms with Crippen LogP contribution >= 0.6 is 0 Å². The van der Waals surface area contributed by atoms with E-state index >= 15 is 0 Å². The highest BCUT2D eigenvalue weighted by Crippen LogP contribution is 2.29. The molecule has 2 nitrogen and oxygen atoms in total. The van der Waals surface area contributed by atoms with Crippen molar-refractivity contribution in [1.29, 1.82) is 0 Å². The molecule has 2 aromatic carbocycles. The average molecular weight is 295 g/mol. The molecule has 3 rings (SSSR count). The molecular weight excluding hydrogens is 270 g/mol. The van der Waals surface area contributed by atoms with E-state index in [0.29, 0.717) is 0 Å². The Morgan fingerprint density at radius 2 is 1.68 bits per heavy atom. The summed E-state index contributed by atoms with van der Waals surface area (Å²) in [5.74, 6) is 0. The van der Waals surface area contributed by atoms with Crippen molar-refractivity contribution >= 4 is 0 Å². The lowest BCUT2D eigenvalue weighted by Crippen LogP contribution is -2.49. The van der Waals surface area contributed by atoms with E-state index in [4.69, 9.17) is 0 Å². The van der Waals surface area contributed by atoms with Crippen molar-refractivity contribution in [2.24, 2.45) is 0 Å². The number of hydrogen-bond donors (Lipinski definition) is 2. The van der Waals surface area contributed by atoms with Crippen LogP contribution in [0.5, 0.6) is 0 Å². The maximum atomic E-state index is 10.9. The molecular formula is C20H25NO. The number of rotatable bonds is 4. The van der Waals surface area contributed by atoms with E-state index < -0.39 is 5.60 Å². The van der Waals surface area contributed by atoms with Crippen molar-refractivity contribution < 1.29 is 5.11 Å². The van der Waals surface area contributed by atoms with E-state index in [2.05, 4.69) is 53.8 Å². The molecule has 2 atom stereocenters. The summed E-state index contributed by atoms with van der Waals surface area (Å²) in [7, 11) is 0. The molecule has 1 aliphatic heterocycles. The van der Waals surface area contributed by atoms with Gasteiger partial charge in [-0.25, -0.2) is 0 Å². The van der Waals surface area contributed by atoms with Gasteiger partial charge in [-0.3, -0.25) is 0 Å². The molecule has 2 aromatic rings. The molecule has 2 unspecified atom stereocenters. The van der Waals surface area contributed by atoms with E-state index in [9.17, 15) is 5.11 Å². The average Bonchev–Trinajstić information content (AvgIpc) is 2.57. The fraction of sp³-hybridized carbons (Fsp3) is 0.400. The van der Waals surface area contributed by atoms with E-state index in [1.165, 1.54) is 24.0 Å². The molecule has 0 radical (unpaired) electrons. The van der Waals surface area contributed by atoms with Crippen molar-refractivity contribution in [1.82, 2.24) is 5.32 Å². The third kappa shape index (κ3) is 3.40. The highest BCUT2D eigenvalue weighted by Gasteiger charge is 2.34. The predicted molar refractivity (Wildman–Crippen MR) is 90.9 cm³/mol. The fourth-order valence-electron chi connectivity index (χ4n) is 3.32. The molecule has 1 fully saturated rings. The SMILES string of the molecule is CC(O)(c1ccc(Cc2ccccc2)cc1)C1CCCCN1. The van der Waals surface area contributed by atoms with Crippen molar-refractivity contribution in [3.8, 4) is 0 Å². The molecule has 1 saturated heterocycles. The summed E-state index contributed by atoms with van der Waals surface area (Å²) < 4.78 is 0. The van der Waals surface area contributed by atoms with Gasteiger partial charge in [-0.1, -0.05) is 61.0 Å². The van der Waals surface area contributed by atoms with Gasteiger partial charge in [-0.15, -0.1) is 0 Å². The number of hydrogen-bond acceptors (Lipinski definition) is 2. The van der Waals surface area contributed by atoms with Gasteiger partial charge in [0.2, 0.25) is 0 Å². The zero-order chi connectivity index (χ0) is 15.4. The van der Waals surface area contributed by atoms with Crippen LogP contribution in [0.25, 0.3) is 0 Å². The Hall–Kier alpha value is -1.64. The quantitative estimate of drug-likeness (QED) is 0.903. The van der Waals surface area contributed by atoms with Gasteiger partial charge >= 0.3 is 0 Å². The van der Waals surface area contributed by atoms with Crippen molar-refractivity contribution in [3.63, 3.8) is 0 Å². The van der Waals surface area contributed by atoms with Gasteiger partial charge in [-0.05, 0) is 49.4 Å². The highest BCUT2D eigenvalue weighted by atomic mass is 16.3. The number of nitrogens with one attached hydrogen (secondary N) is 1. The minimum Gasteiger partial charge on any atom is -0.384 e. The molecule has 116 valence electrons. The van der Waals surface area contributed by atoms with Crippen LogP contribution in [-0.2, 0) is 12.0 Å². The number of benzene rings is 2. The van der Waals surface area contributed by atoms with Gasteiger partial charge in [0.1, 0.15) is 5.60 Å². The van der Waals surface area contributed by atoms with E-state index in [0.717, 1.165) is 24.9 Å². The largest absolute Gasteiger partial charge is 0.384 e. The van der Waals surface area contributed by atoms with Gasteiger partial charge in [0, 0.05) is 6.04 Å². The van der Waals surface area contributed by atoms with Crippen LogP contribution in [0.1, 0.15) is 42.9 Å². The van der Waals surface area contributed by atoms with Gasteiger partial charge in [0.25, 0.3) is 0 Å². The molecule has 0 aliphatic carbocycles. The second-order valence-corrected chi connectivity index (χ2v) is 6.51. The first-order valence-corrected chi connectivity index (χ1v) is 8.25. The molecule has 0 bridgehead atoms. The standard InChI is InChI=1S/C20H25NO/c1-20(22,19-9-5-6-14-21-19)18-12-10-17(11-13-18)15-16-7-3-2-4-8-16/h2-4,7-8,10-13,19,21-22H,5-6,9,14-15H2,1H3. The summed E-state index contributed by atoms with van der Waals surface area (Å²) in [5.41, 5.74) is 2.80. The molecule has 1 heterocycles. The second kappa shape index (κ2) is 6.64. The smallest absolute Gasteiger partial charge is 0.102 e. The lowest BCUT2D eigenvalue weighted by Gasteiger charge is -2.36. The van der Waals surface area contributed by atoms with E-state index in [1.807, 2.05) is 13.0 Å². The highest BCUT2D eigenvalue weighted by molar-refractivity contribution is 5.31. The molecule has 22 heavy (non-hydrogen) atoms. The van der Waals surface area contributed by atoms with Gasteiger partial charge in [-0.2, -0.15) is 0 Å². The zero-order valence-electron chi connectivity index (χ0n) is 13.3. The lowest BCUT2D eigenvalue weighted by molar-refractivity contribution is 0.00567. The number of piperidine rings is 1. The number of aliphatic hydroxyl groups is 1. The van der Waals surface area contributed by atoms with Crippen LogP contribution < -0.4 is 5.32 Å². The summed E-state index contributed by atoms with van der Waals surface area (Å²) in [6, 6.07) is 19.1. The minimum atomic E-state index is -0.800. The Balaban J connectivity index is 1.73. The summed E-state index contributed by atoms with van der Waals surface area (Å²) in [6.07, 6.45) is 4.38. The van der Waals surface area contributed by atoms with Gasteiger partial charge in [0.15, 0.2) is 0 Å². The molecule has 0 aromatic heterocycles. The maximum Gasteiger partial charge on any atom is 0.102 e. The van der Waals surface area contributed by atoms with Crippen molar-refractivity contribution in [2.45, 2.75) is 44.2 Å². The lowest BCUT2D eigenvalue weighted by atomic mass is 9.83. The molecule has 2 N–H and O–H groups in total. The molecule has 2 heteroatoms. The monoisotopic (exact) mass is 295 g/mol. The maximum absolute atomic E-state index is 10.9. The van der Waals surface area contributed by atoms with Crippen LogP contribution in [0, 0.1) is 0 Å². The Kier molecular flexibility index (Phi) is 4.60. The van der Waals surface area contributed by atoms with Crippen LogP contribution in [0.4, 0.5) is 0 Å². The van der Waals surface area contributed by atoms with E-state index in [1.54, 1.807) is 0 Å². The summed E-state index contributed by atoms with van der Waals surface area (Å²) in [6.45, 7) is 2.94. The Morgan fingerprint density at radius 1 is 1.00 bits per heavy atom. The summed E-state index contributed by atoms with van der Waals surface area (Å²) >= 11 is 0. The molecule has 0 amide bonds. The topological polar surface area (TPSA) is 32.3 Å². The van der Waals surface area contributed by atoms with Crippen LogP contribution in [0.2, 0.25) is 0 Å². The summed E-state index contributed by atoms with van der Waals surface area (Å²) in [4.78, 5) is 0. The Labute approximate surface area is 133 Å². The third-order valence-electron chi connectivity index (χ3n) is 4.78. The van der Waals surface area contributed by atoms with Crippen LogP contribution in [0.3, 0.4) is 0 Å². The summed E-state index contributed by atoms with van der Waals surface area (Å²) in [5, 5.41) is 14.4.